The Morgan fingerprint density at radius 3 is 3.08 bits per heavy atom. The molecule has 0 saturated carbocycles. The smallest absolute Gasteiger partial charge is 0.0433 e. The quantitative estimate of drug-likeness (QED) is 0.622. The number of rotatable bonds is 4. The van der Waals surface area contributed by atoms with Crippen LogP contribution in [0.5, 0.6) is 0 Å². The van der Waals surface area contributed by atoms with E-state index in [4.69, 9.17) is 5.11 Å². The van der Waals surface area contributed by atoms with Crippen LogP contribution < -0.4 is 5.32 Å². The highest BCUT2D eigenvalue weighted by atomic mass is 16.3. The van der Waals surface area contributed by atoms with Crippen LogP contribution in [-0.4, -0.2) is 24.3 Å². The van der Waals surface area contributed by atoms with Gasteiger partial charge < -0.3 is 10.4 Å². The summed E-state index contributed by atoms with van der Waals surface area (Å²) in [6.45, 7) is 5.18. The Labute approximate surface area is 74.7 Å². The summed E-state index contributed by atoms with van der Waals surface area (Å²) in [5, 5.41) is 12.2. The first-order chi connectivity index (χ1) is 5.86. The molecule has 1 heterocycles. The van der Waals surface area contributed by atoms with Gasteiger partial charge in [0.25, 0.3) is 0 Å². The fourth-order valence-corrected chi connectivity index (χ4v) is 1.92. The largest absolute Gasteiger partial charge is 0.396 e. The topological polar surface area (TPSA) is 32.3 Å². The summed E-state index contributed by atoms with van der Waals surface area (Å²) in [6, 6.07) is 0.604. The third-order valence-electron chi connectivity index (χ3n) is 2.59. The number of piperidine rings is 1. The summed E-state index contributed by atoms with van der Waals surface area (Å²) < 4.78 is 0. The molecule has 0 spiro atoms. The zero-order chi connectivity index (χ0) is 8.81. The minimum atomic E-state index is 0.339. The van der Waals surface area contributed by atoms with E-state index in [-0.39, 0.29) is 0 Å². The maximum Gasteiger partial charge on any atom is 0.0433 e. The van der Waals surface area contributed by atoms with Gasteiger partial charge in [0.2, 0.25) is 0 Å². The lowest BCUT2D eigenvalue weighted by Crippen LogP contribution is -2.37. The first-order valence-corrected chi connectivity index (χ1v) is 4.82. The van der Waals surface area contributed by atoms with Gasteiger partial charge in [-0.2, -0.15) is 0 Å². The number of aliphatic hydroxyl groups excluding tert-OH is 1. The van der Waals surface area contributed by atoms with Gasteiger partial charge in [-0.1, -0.05) is 6.08 Å². The molecule has 0 aliphatic carbocycles. The molecule has 0 aromatic heterocycles. The molecular weight excluding hydrogens is 150 g/mol. The minimum absolute atomic E-state index is 0.339. The lowest BCUT2D eigenvalue weighted by Gasteiger charge is -2.29. The summed E-state index contributed by atoms with van der Waals surface area (Å²) in [7, 11) is 0. The third-order valence-corrected chi connectivity index (χ3v) is 2.59. The van der Waals surface area contributed by atoms with Gasteiger partial charge in [-0.3, -0.25) is 0 Å². The Bertz CT molecular complexity index is 134. The average molecular weight is 169 g/mol. The molecule has 0 bridgehead atoms. The maximum atomic E-state index is 8.79. The zero-order valence-electron chi connectivity index (χ0n) is 7.63. The first kappa shape index (κ1) is 9.75. The molecule has 2 atom stereocenters. The van der Waals surface area contributed by atoms with E-state index in [1.165, 1.54) is 12.8 Å². The van der Waals surface area contributed by atoms with Gasteiger partial charge in [0.15, 0.2) is 0 Å². The molecule has 1 rings (SSSR count). The van der Waals surface area contributed by atoms with Crippen LogP contribution >= 0.6 is 0 Å². The van der Waals surface area contributed by atoms with Crippen LogP contribution in [0.2, 0.25) is 0 Å². The highest BCUT2D eigenvalue weighted by Crippen LogP contribution is 2.20. The van der Waals surface area contributed by atoms with Crippen LogP contribution in [0.3, 0.4) is 0 Å². The molecule has 2 nitrogen and oxygen atoms in total. The van der Waals surface area contributed by atoms with Gasteiger partial charge in [0.05, 0.1) is 0 Å². The van der Waals surface area contributed by atoms with Gasteiger partial charge >= 0.3 is 0 Å². The number of hydrogen-bond acceptors (Lipinski definition) is 2. The van der Waals surface area contributed by atoms with Crippen LogP contribution in [-0.2, 0) is 0 Å². The molecule has 0 amide bonds. The van der Waals surface area contributed by atoms with Crippen molar-refractivity contribution in [1.29, 1.82) is 0 Å². The Hall–Kier alpha value is -0.340. The molecule has 12 heavy (non-hydrogen) atoms. The summed E-state index contributed by atoms with van der Waals surface area (Å²) in [4.78, 5) is 0. The molecule has 1 fully saturated rings. The van der Waals surface area contributed by atoms with E-state index in [1.807, 2.05) is 6.08 Å². The SMILES string of the molecule is C=CC[C@H]1C[C@@H](CCO)CCN1. The van der Waals surface area contributed by atoms with Crippen molar-refractivity contribution in [2.45, 2.75) is 31.7 Å². The molecule has 0 aromatic carbocycles. The fraction of sp³-hybridized carbons (Fsp3) is 0.800. The van der Waals surface area contributed by atoms with E-state index in [1.54, 1.807) is 0 Å². The molecule has 0 aromatic rings. The van der Waals surface area contributed by atoms with Crippen molar-refractivity contribution in [3.63, 3.8) is 0 Å². The van der Waals surface area contributed by atoms with Crippen LogP contribution in [0.4, 0.5) is 0 Å². The lowest BCUT2D eigenvalue weighted by atomic mass is 9.89. The molecule has 70 valence electrons. The van der Waals surface area contributed by atoms with E-state index < -0.39 is 0 Å². The second kappa shape index (κ2) is 5.33. The number of hydrogen-bond donors (Lipinski definition) is 2. The zero-order valence-corrected chi connectivity index (χ0v) is 7.63. The number of aliphatic hydroxyl groups is 1. The second-order valence-corrected chi connectivity index (χ2v) is 3.58. The molecule has 0 radical (unpaired) electrons. The summed E-state index contributed by atoms with van der Waals surface area (Å²) in [5.74, 6) is 0.723. The molecular formula is C10H19NO. The van der Waals surface area contributed by atoms with E-state index in [9.17, 15) is 0 Å². The molecule has 0 unspecified atom stereocenters. The van der Waals surface area contributed by atoms with Gasteiger partial charge in [0, 0.05) is 12.6 Å². The molecule has 2 heteroatoms. The number of nitrogens with one attached hydrogen (secondary N) is 1. The highest BCUT2D eigenvalue weighted by Gasteiger charge is 2.19. The van der Waals surface area contributed by atoms with Crippen LogP contribution in [0.25, 0.3) is 0 Å². The van der Waals surface area contributed by atoms with Crippen molar-refractivity contribution in [3.05, 3.63) is 12.7 Å². The van der Waals surface area contributed by atoms with E-state index in [0.29, 0.717) is 12.6 Å². The lowest BCUT2D eigenvalue weighted by molar-refractivity contribution is 0.216. The minimum Gasteiger partial charge on any atom is -0.396 e. The third kappa shape index (κ3) is 2.95. The van der Waals surface area contributed by atoms with Crippen molar-refractivity contribution in [2.24, 2.45) is 5.92 Å². The van der Waals surface area contributed by atoms with Gasteiger partial charge in [-0.05, 0) is 38.1 Å². The van der Waals surface area contributed by atoms with Crippen molar-refractivity contribution in [1.82, 2.24) is 5.32 Å². The first-order valence-electron chi connectivity index (χ1n) is 4.82. The van der Waals surface area contributed by atoms with E-state index >= 15 is 0 Å². The summed E-state index contributed by atoms with van der Waals surface area (Å²) >= 11 is 0. The Morgan fingerprint density at radius 2 is 2.42 bits per heavy atom. The van der Waals surface area contributed by atoms with Gasteiger partial charge in [-0.15, -0.1) is 6.58 Å². The Kier molecular flexibility index (Phi) is 4.33. The van der Waals surface area contributed by atoms with Crippen molar-refractivity contribution in [3.8, 4) is 0 Å². The Balaban J connectivity index is 2.24. The van der Waals surface area contributed by atoms with Crippen LogP contribution in [0.1, 0.15) is 25.7 Å². The van der Waals surface area contributed by atoms with E-state index in [2.05, 4.69) is 11.9 Å². The normalized spacial score (nSPS) is 30.1. The van der Waals surface area contributed by atoms with E-state index in [0.717, 1.165) is 25.3 Å². The van der Waals surface area contributed by atoms with Crippen molar-refractivity contribution >= 4 is 0 Å². The predicted octanol–water partition coefficient (Wildman–Crippen LogP) is 1.31. The highest BCUT2D eigenvalue weighted by molar-refractivity contribution is 4.83. The van der Waals surface area contributed by atoms with Crippen LogP contribution in [0.15, 0.2) is 12.7 Å². The van der Waals surface area contributed by atoms with Crippen molar-refractivity contribution in [2.75, 3.05) is 13.2 Å². The average Bonchev–Trinajstić information content (AvgIpc) is 2.06. The van der Waals surface area contributed by atoms with Gasteiger partial charge in [-0.25, -0.2) is 0 Å². The summed E-state index contributed by atoms with van der Waals surface area (Å²) in [5.41, 5.74) is 0. The van der Waals surface area contributed by atoms with Crippen molar-refractivity contribution < 1.29 is 5.11 Å². The monoisotopic (exact) mass is 169 g/mol. The molecule has 1 aliphatic heterocycles. The predicted molar refractivity (Wildman–Crippen MR) is 51.0 cm³/mol. The fourth-order valence-electron chi connectivity index (χ4n) is 1.92. The maximum absolute atomic E-state index is 8.79. The Morgan fingerprint density at radius 1 is 1.58 bits per heavy atom. The standard InChI is InChI=1S/C10H19NO/c1-2-3-10-8-9(5-7-12)4-6-11-10/h2,9-12H,1,3-8H2/t9-,10+/m1/s1. The molecule has 2 N–H and O–H groups in total. The molecule has 1 saturated heterocycles. The van der Waals surface area contributed by atoms with Crippen LogP contribution in [0, 0.1) is 5.92 Å². The molecule has 1 aliphatic rings. The van der Waals surface area contributed by atoms with Gasteiger partial charge in [0.1, 0.15) is 0 Å². The summed E-state index contributed by atoms with van der Waals surface area (Å²) in [6.07, 6.45) is 6.41. The second-order valence-electron chi connectivity index (χ2n) is 3.58.